The van der Waals surface area contributed by atoms with Crippen LogP contribution in [0.3, 0.4) is 0 Å². The van der Waals surface area contributed by atoms with E-state index >= 15 is 0 Å². The van der Waals surface area contributed by atoms with Crippen LogP contribution in [0.5, 0.6) is 17.2 Å². The molecule has 4 rings (SSSR count). The van der Waals surface area contributed by atoms with E-state index in [0.717, 1.165) is 0 Å². The number of fused-ring (bicyclic) bond motifs is 1. The smallest absolute Gasteiger partial charge is 0.342 e. The van der Waals surface area contributed by atoms with Crippen molar-refractivity contribution in [3.63, 3.8) is 0 Å². The minimum Gasteiger partial charge on any atom is -0.507 e. The molecule has 43 heavy (non-hydrogen) atoms. The molecule has 226 valence electrons. The number of carbonyl (C=O) groups is 3. The van der Waals surface area contributed by atoms with Crippen LogP contribution in [0, 0.1) is 0 Å². The average Bonchev–Trinajstić information content (AvgIpc) is 2.99. The van der Waals surface area contributed by atoms with Gasteiger partial charge in [-0.25, -0.2) is 4.79 Å². The van der Waals surface area contributed by atoms with Crippen molar-refractivity contribution >= 4 is 23.7 Å². The fraction of sp³-hybridized carbons (Fsp3) is 0.353. The first-order valence-electron chi connectivity index (χ1n) is 14.6. The van der Waals surface area contributed by atoms with Gasteiger partial charge in [-0.05, 0) is 74.1 Å². The Labute approximate surface area is 251 Å². The summed E-state index contributed by atoms with van der Waals surface area (Å²) in [7, 11) is 1.54. The Morgan fingerprint density at radius 2 is 1.88 bits per heavy atom. The molecule has 2 aromatic carbocycles. The highest BCUT2D eigenvalue weighted by atomic mass is 16.5. The number of aromatic hydroxyl groups is 2. The summed E-state index contributed by atoms with van der Waals surface area (Å²) < 4.78 is 11.0. The number of nitrogens with one attached hydrogen (secondary N) is 1. The molecular weight excluding hydrogens is 548 g/mol. The van der Waals surface area contributed by atoms with E-state index in [0.29, 0.717) is 55.5 Å². The number of phenolic OH excluding ortho intramolecular Hbond substituents is 2. The Morgan fingerprint density at radius 1 is 1.12 bits per heavy atom. The van der Waals surface area contributed by atoms with Gasteiger partial charge in [0.25, 0.3) is 0 Å². The molecule has 0 aliphatic carbocycles. The van der Waals surface area contributed by atoms with Gasteiger partial charge in [0.15, 0.2) is 0 Å². The van der Waals surface area contributed by atoms with Gasteiger partial charge in [-0.3, -0.25) is 14.6 Å². The average molecular weight is 587 g/mol. The second-order valence-electron chi connectivity index (χ2n) is 10.7. The van der Waals surface area contributed by atoms with E-state index in [-0.39, 0.29) is 47.1 Å². The Morgan fingerprint density at radius 3 is 2.60 bits per heavy atom. The zero-order valence-electron chi connectivity index (χ0n) is 24.5. The molecule has 0 saturated carbocycles. The maximum atomic E-state index is 13.5. The third kappa shape index (κ3) is 8.44. The van der Waals surface area contributed by atoms with E-state index in [9.17, 15) is 24.6 Å². The second kappa shape index (κ2) is 15.0. The summed E-state index contributed by atoms with van der Waals surface area (Å²) in [5, 5.41) is 25.8. The van der Waals surface area contributed by atoms with Crippen LogP contribution in [-0.2, 0) is 20.9 Å². The van der Waals surface area contributed by atoms with Crippen molar-refractivity contribution in [2.24, 2.45) is 0 Å². The minimum absolute atomic E-state index is 0.0432. The molecule has 3 N–H and O–H groups in total. The number of hydrogen-bond donors (Lipinski definition) is 3. The lowest BCUT2D eigenvalue weighted by molar-refractivity contribution is -0.121. The summed E-state index contributed by atoms with van der Waals surface area (Å²) in [4.78, 5) is 43.0. The van der Waals surface area contributed by atoms with Crippen LogP contribution >= 0.6 is 0 Å². The molecule has 9 heteroatoms. The number of nitrogens with zero attached hydrogens (tertiary/aromatic N) is 1. The quantitative estimate of drug-likeness (QED) is 0.295. The molecule has 9 nitrogen and oxygen atoms in total. The number of ether oxygens (including phenoxy) is 2. The summed E-state index contributed by atoms with van der Waals surface area (Å²) in [6.45, 7) is 1.95. The van der Waals surface area contributed by atoms with E-state index < -0.39 is 23.7 Å². The van der Waals surface area contributed by atoms with Gasteiger partial charge in [0, 0.05) is 36.9 Å². The largest absolute Gasteiger partial charge is 0.507 e. The maximum absolute atomic E-state index is 13.5. The van der Waals surface area contributed by atoms with Gasteiger partial charge in [0.1, 0.15) is 28.6 Å². The molecular formula is C34H38N2O7. The van der Waals surface area contributed by atoms with Crippen molar-refractivity contribution in [3.8, 4) is 17.2 Å². The molecule has 1 aliphatic heterocycles. The predicted molar refractivity (Wildman–Crippen MR) is 162 cm³/mol. The number of benzene rings is 2. The van der Waals surface area contributed by atoms with Crippen LogP contribution in [0.2, 0.25) is 0 Å². The molecule has 2 unspecified atom stereocenters. The highest BCUT2D eigenvalue weighted by Crippen LogP contribution is 2.44. The van der Waals surface area contributed by atoms with Crippen molar-refractivity contribution in [3.05, 3.63) is 88.8 Å². The molecule has 0 saturated heterocycles. The van der Waals surface area contributed by atoms with Crippen molar-refractivity contribution < 1.29 is 34.1 Å². The number of Topliss-reactive ketones (excluding diaryl/α,β-unsaturated/α-hetero) is 1. The number of esters is 1. The fourth-order valence-electron chi connectivity index (χ4n) is 5.19. The SMILES string of the molecule is COc1ccc(C(CC(=O)NCc2ccccn2)c2c(O)cc3c(c2O)C(=O)OC(C)CCCC(=O)CCCC=C3)cc1. The zero-order valence-corrected chi connectivity index (χ0v) is 24.5. The fourth-order valence-corrected chi connectivity index (χ4v) is 5.19. The molecule has 0 fully saturated rings. The molecule has 1 aliphatic rings. The number of carbonyl (C=O) groups excluding carboxylic acids is 3. The third-order valence-corrected chi connectivity index (χ3v) is 7.50. The summed E-state index contributed by atoms with van der Waals surface area (Å²) in [6, 6.07) is 13.8. The van der Waals surface area contributed by atoms with Crippen molar-refractivity contribution in [1.82, 2.24) is 10.3 Å². The number of ketones is 1. The van der Waals surface area contributed by atoms with Gasteiger partial charge < -0.3 is 25.0 Å². The highest BCUT2D eigenvalue weighted by Gasteiger charge is 2.31. The lowest BCUT2D eigenvalue weighted by Gasteiger charge is -2.23. The Bertz CT molecular complexity index is 1450. The van der Waals surface area contributed by atoms with Crippen LogP contribution in [0.15, 0.2) is 60.8 Å². The van der Waals surface area contributed by atoms with E-state index in [2.05, 4.69) is 10.3 Å². The number of aromatic nitrogens is 1. The summed E-state index contributed by atoms with van der Waals surface area (Å²) in [5.41, 5.74) is 1.55. The summed E-state index contributed by atoms with van der Waals surface area (Å²) in [6.07, 6.45) is 7.70. The molecule has 0 radical (unpaired) electrons. The van der Waals surface area contributed by atoms with Crippen molar-refractivity contribution in [1.29, 1.82) is 0 Å². The van der Waals surface area contributed by atoms with Crippen LogP contribution in [0.4, 0.5) is 0 Å². The molecule has 0 spiro atoms. The van der Waals surface area contributed by atoms with Gasteiger partial charge in [-0.15, -0.1) is 0 Å². The lowest BCUT2D eigenvalue weighted by Crippen LogP contribution is -2.25. The minimum atomic E-state index is -0.812. The first-order chi connectivity index (χ1) is 20.8. The number of hydrogen-bond acceptors (Lipinski definition) is 8. The number of phenols is 2. The number of methoxy groups -OCH3 is 1. The Hall–Kier alpha value is -4.66. The summed E-state index contributed by atoms with van der Waals surface area (Å²) in [5.74, 6) is -1.83. The molecule has 2 heterocycles. The summed E-state index contributed by atoms with van der Waals surface area (Å²) >= 11 is 0. The molecule has 1 amide bonds. The lowest BCUT2D eigenvalue weighted by atomic mass is 9.84. The van der Waals surface area contributed by atoms with E-state index in [1.165, 1.54) is 6.07 Å². The number of rotatable bonds is 7. The number of amides is 1. The van der Waals surface area contributed by atoms with Crippen LogP contribution < -0.4 is 10.1 Å². The first-order valence-corrected chi connectivity index (χ1v) is 14.6. The second-order valence-corrected chi connectivity index (χ2v) is 10.7. The standard InChI is InChI=1S/C34H38N2O7/c1-22-9-8-13-26(37)12-5-3-4-10-24-19-29(38)32(33(40)31(24)34(41)43-22)28(23-14-16-27(42-2)17-15-23)20-30(39)36-21-25-11-6-7-18-35-25/h4,6-7,10-11,14-19,22,28,38,40H,3,5,8-9,12-13,20-21H2,1-2H3,(H,36,39). The Kier molecular flexibility index (Phi) is 10.9. The van der Waals surface area contributed by atoms with Crippen LogP contribution in [-0.4, -0.2) is 46.1 Å². The molecule has 0 bridgehead atoms. The van der Waals surface area contributed by atoms with Crippen LogP contribution in [0.1, 0.15) is 90.5 Å². The molecule has 1 aromatic heterocycles. The predicted octanol–water partition coefficient (Wildman–Crippen LogP) is 5.82. The normalized spacial score (nSPS) is 16.8. The van der Waals surface area contributed by atoms with Gasteiger partial charge in [0.2, 0.25) is 5.91 Å². The van der Waals surface area contributed by atoms with Gasteiger partial charge >= 0.3 is 5.97 Å². The molecule has 3 aromatic rings. The van der Waals surface area contributed by atoms with Crippen molar-refractivity contribution in [2.45, 2.75) is 70.4 Å². The van der Waals surface area contributed by atoms with Gasteiger partial charge in [-0.1, -0.05) is 30.4 Å². The number of pyridine rings is 1. The van der Waals surface area contributed by atoms with Crippen LogP contribution in [0.25, 0.3) is 6.08 Å². The van der Waals surface area contributed by atoms with Gasteiger partial charge in [-0.2, -0.15) is 0 Å². The highest BCUT2D eigenvalue weighted by molar-refractivity contribution is 5.98. The van der Waals surface area contributed by atoms with E-state index in [4.69, 9.17) is 9.47 Å². The van der Waals surface area contributed by atoms with E-state index in [1.807, 2.05) is 6.07 Å². The van der Waals surface area contributed by atoms with Gasteiger partial charge in [0.05, 0.1) is 25.5 Å². The third-order valence-electron chi connectivity index (χ3n) is 7.50. The number of cyclic esters (lactones) is 1. The monoisotopic (exact) mass is 586 g/mol. The number of allylic oxidation sites excluding steroid dienone is 1. The zero-order chi connectivity index (χ0) is 30.8. The van der Waals surface area contributed by atoms with Crippen molar-refractivity contribution in [2.75, 3.05) is 7.11 Å². The maximum Gasteiger partial charge on any atom is 0.342 e. The first kappa shape index (κ1) is 31.3. The molecule has 2 atom stereocenters. The Balaban J connectivity index is 1.74. The topological polar surface area (TPSA) is 135 Å². The van der Waals surface area contributed by atoms with E-state index in [1.54, 1.807) is 68.8 Å².